The first kappa shape index (κ1) is 23.0. The van der Waals surface area contributed by atoms with Crippen LogP contribution >= 0.6 is 0 Å². The molecule has 1 unspecified atom stereocenters. The smallest absolute Gasteiger partial charge is 0.314 e. The normalized spacial score (nSPS) is 15.6. The summed E-state index contributed by atoms with van der Waals surface area (Å²) in [7, 11) is 0. The summed E-state index contributed by atoms with van der Waals surface area (Å²) in [5.74, 6) is -0.197. The molecule has 0 fully saturated rings. The van der Waals surface area contributed by atoms with Crippen LogP contribution < -0.4 is 10.6 Å². The molecule has 1 heterocycles. The maximum atomic E-state index is 13.3. The molecule has 1 aliphatic rings. The van der Waals surface area contributed by atoms with Gasteiger partial charge in [0.15, 0.2) is 0 Å². The molecule has 5 heteroatoms. The summed E-state index contributed by atoms with van der Waals surface area (Å²) in [4.78, 5) is 14.6. The van der Waals surface area contributed by atoms with Crippen LogP contribution in [0.15, 0.2) is 78.9 Å². The highest BCUT2D eigenvalue weighted by Gasteiger charge is 2.25. The van der Waals surface area contributed by atoms with E-state index in [-0.39, 0.29) is 11.8 Å². The number of benzene rings is 3. The first-order chi connectivity index (χ1) is 16.2. The van der Waals surface area contributed by atoms with Crippen LogP contribution in [0.5, 0.6) is 0 Å². The highest BCUT2D eigenvalue weighted by molar-refractivity contribution is 5.73. The van der Waals surface area contributed by atoms with Crippen molar-refractivity contribution < 1.29 is 9.18 Å². The molecule has 4 nitrogen and oxygen atoms in total. The zero-order chi connectivity index (χ0) is 22.9. The maximum absolute atomic E-state index is 13.3. The largest absolute Gasteiger partial charge is 0.338 e. The molecular formula is C28H32FN3O. The van der Waals surface area contributed by atoms with Crippen molar-refractivity contribution in [1.82, 2.24) is 15.5 Å². The standard InChI is InChI=1S/C28H32FN3O/c29-26-13-11-23(12-14-26)19-27-20-24-9-4-5-10-25(24)21-32(27)18-6-16-30-28(33)31-17-15-22-7-2-1-3-8-22/h1-5,7-14,27H,6,15-21H2,(H2,30,31,33). The Balaban J connectivity index is 1.25. The second-order valence-electron chi connectivity index (χ2n) is 8.70. The summed E-state index contributed by atoms with van der Waals surface area (Å²) >= 11 is 0. The van der Waals surface area contributed by atoms with Gasteiger partial charge in [-0.1, -0.05) is 66.7 Å². The Kier molecular flexibility index (Phi) is 8.09. The van der Waals surface area contributed by atoms with Gasteiger partial charge in [0.05, 0.1) is 0 Å². The number of nitrogens with zero attached hydrogens (tertiary/aromatic N) is 1. The second-order valence-corrected chi connectivity index (χ2v) is 8.70. The number of carbonyl (C=O) groups is 1. The van der Waals surface area contributed by atoms with Crippen LogP contribution in [0.1, 0.15) is 28.7 Å². The minimum atomic E-state index is -0.197. The van der Waals surface area contributed by atoms with Crippen LogP contribution in [0, 0.1) is 5.82 Å². The van der Waals surface area contributed by atoms with Gasteiger partial charge in [-0.05, 0) is 60.1 Å². The van der Waals surface area contributed by atoms with E-state index < -0.39 is 0 Å². The Labute approximate surface area is 195 Å². The van der Waals surface area contributed by atoms with Gasteiger partial charge in [-0.2, -0.15) is 0 Å². The number of fused-ring (bicyclic) bond motifs is 1. The van der Waals surface area contributed by atoms with Crippen molar-refractivity contribution in [3.8, 4) is 0 Å². The van der Waals surface area contributed by atoms with Gasteiger partial charge >= 0.3 is 6.03 Å². The van der Waals surface area contributed by atoms with E-state index in [1.807, 2.05) is 30.3 Å². The average molecular weight is 446 g/mol. The molecule has 3 aromatic carbocycles. The fraction of sp³-hybridized carbons (Fsp3) is 0.321. The molecule has 0 radical (unpaired) electrons. The van der Waals surface area contributed by atoms with Crippen molar-refractivity contribution in [2.24, 2.45) is 0 Å². The van der Waals surface area contributed by atoms with Gasteiger partial charge in [-0.25, -0.2) is 9.18 Å². The molecule has 1 atom stereocenters. The van der Waals surface area contributed by atoms with Gasteiger partial charge in [0, 0.05) is 32.2 Å². The maximum Gasteiger partial charge on any atom is 0.314 e. The van der Waals surface area contributed by atoms with Crippen molar-refractivity contribution >= 4 is 6.03 Å². The summed E-state index contributed by atoms with van der Waals surface area (Å²) in [6.07, 6.45) is 3.59. The minimum Gasteiger partial charge on any atom is -0.338 e. The fourth-order valence-corrected chi connectivity index (χ4v) is 4.51. The lowest BCUT2D eigenvalue weighted by molar-refractivity contribution is 0.167. The van der Waals surface area contributed by atoms with Crippen LogP contribution in [-0.2, 0) is 25.8 Å². The van der Waals surface area contributed by atoms with E-state index >= 15 is 0 Å². The number of carbonyl (C=O) groups excluding carboxylic acids is 1. The highest BCUT2D eigenvalue weighted by atomic mass is 19.1. The van der Waals surface area contributed by atoms with Gasteiger partial charge in [0.2, 0.25) is 0 Å². The van der Waals surface area contributed by atoms with E-state index in [4.69, 9.17) is 0 Å². The molecule has 2 N–H and O–H groups in total. The van der Waals surface area contributed by atoms with E-state index in [0.717, 1.165) is 44.3 Å². The molecule has 0 aromatic heterocycles. The molecule has 0 aliphatic carbocycles. The minimum absolute atomic E-state index is 0.113. The van der Waals surface area contributed by atoms with Crippen LogP contribution in [0.2, 0.25) is 0 Å². The highest BCUT2D eigenvalue weighted by Crippen LogP contribution is 2.25. The molecule has 4 rings (SSSR count). The molecule has 33 heavy (non-hydrogen) atoms. The number of hydrogen-bond donors (Lipinski definition) is 2. The van der Waals surface area contributed by atoms with E-state index in [9.17, 15) is 9.18 Å². The van der Waals surface area contributed by atoms with Crippen molar-refractivity contribution in [3.05, 3.63) is 107 Å². The number of amides is 2. The zero-order valence-corrected chi connectivity index (χ0v) is 19.0. The quantitative estimate of drug-likeness (QED) is 0.468. The molecule has 3 aromatic rings. The molecular weight excluding hydrogens is 413 g/mol. The van der Waals surface area contributed by atoms with Crippen molar-refractivity contribution in [2.75, 3.05) is 19.6 Å². The van der Waals surface area contributed by atoms with Crippen LogP contribution in [0.4, 0.5) is 9.18 Å². The van der Waals surface area contributed by atoms with E-state index in [2.05, 4.69) is 51.9 Å². The lowest BCUT2D eigenvalue weighted by Crippen LogP contribution is -2.43. The SMILES string of the molecule is O=C(NCCCN1Cc2ccccc2CC1Cc1ccc(F)cc1)NCCc1ccccc1. The topological polar surface area (TPSA) is 44.4 Å². The number of hydrogen-bond acceptors (Lipinski definition) is 2. The first-order valence-corrected chi connectivity index (χ1v) is 11.8. The summed E-state index contributed by atoms with van der Waals surface area (Å²) in [6.45, 7) is 3.08. The van der Waals surface area contributed by atoms with Gasteiger partial charge in [-0.3, -0.25) is 4.90 Å². The summed E-state index contributed by atoms with van der Waals surface area (Å²) < 4.78 is 13.3. The van der Waals surface area contributed by atoms with Crippen molar-refractivity contribution in [2.45, 2.75) is 38.3 Å². The predicted octanol–water partition coefficient (Wildman–Crippen LogP) is 4.73. The third-order valence-electron chi connectivity index (χ3n) is 6.30. The van der Waals surface area contributed by atoms with Crippen molar-refractivity contribution in [3.63, 3.8) is 0 Å². The molecule has 0 saturated heterocycles. The van der Waals surface area contributed by atoms with Gasteiger partial charge in [0.25, 0.3) is 0 Å². The summed E-state index contributed by atoms with van der Waals surface area (Å²) in [5.41, 5.74) is 5.15. The molecule has 2 amide bonds. The first-order valence-electron chi connectivity index (χ1n) is 11.8. The van der Waals surface area contributed by atoms with Crippen LogP contribution in [-0.4, -0.2) is 36.6 Å². The number of rotatable bonds is 9. The number of nitrogens with one attached hydrogen (secondary N) is 2. The molecule has 0 spiro atoms. The Morgan fingerprint density at radius 1 is 0.848 bits per heavy atom. The Morgan fingerprint density at radius 3 is 2.33 bits per heavy atom. The zero-order valence-electron chi connectivity index (χ0n) is 19.0. The second kappa shape index (κ2) is 11.6. The van der Waals surface area contributed by atoms with E-state index in [0.29, 0.717) is 19.1 Å². The van der Waals surface area contributed by atoms with Crippen molar-refractivity contribution in [1.29, 1.82) is 0 Å². The van der Waals surface area contributed by atoms with Gasteiger partial charge in [-0.15, -0.1) is 0 Å². The average Bonchev–Trinajstić information content (AvgIpc) is 2.84. The number of halogens is 1. The fourth-order valence-electron chi connectivity index (χ4n) is 4.51. The Morgan fingerprint density at radius 2 is 1.55 bits per heavy atom. The van der Waals surface area contributed by atoms with Gasteiger partial charge in [0.1, 0.15) is 5.82 Å². The third kappa shape index (κ3) is 6.90. The Bertz CT molecular complexity index is 1020. The molecule has 0 bridgehead atoms. The van der Waals surface area contributed by atoms with Crippen LogP contribution in [0.25, 0.3) is 0 Å². The number of urea groups is 1. The lowest BCUT2D eigenvalue weighted by Gasteiger charge is -2.37. The monoisotopic (exact) mass is 445 g/mol. The third-order valence-corrected chi connectivity index (χ3v) is 6.30. The summed E-state index contributed by atoms with van der Waals surface area (Å²) in [5, 5.41) is 5.91. The van der Waals surface area contributed by atoms with Gasteiger partial charge < -0.3 is 10.6 Å². The molecule has 172 valence electrons. The van der Waals surface area contributed by atoms with Crippen LogP contribution in [0.3, 0.4) is 0 Å². The lowest BCUT2D eigenvalue weighted by atomic mass is 9.90. The Hall–Kier alpha value is -3.18. The molecule has 0 saturated carbocycles. The predicted molar refractivity (Wildman–Crippen MR) is 131 cm³/mol. The van der Waals surface area contributed by atoms with E-state index in [1.54, 1.807) is 0 Å². The van der Waals surface area contributed by atoms with E-state index in [1.165, 1.54) is 28.8 Å². The summed E-state index contributed by atoms with van der Waals surface area (Å²) in [6, 6.07) is 25.9. The molecule has 1 aliphatic heterocycles.